The number of nitrogens with zero attached hydrogens (tertiary/aromatic N) is 3. The summed E-state index contributed by atoms with van der Waals surface area (Å²) in [6.07, 6.45) is 1.09. The summed E-state index contributed by atoms with van der Waals surface area (Å²) in [7, 11) is 0. The summed E-state index contributed by atoms with van der Waals surface area (Å²) in [6, 6.07) is 13.9. The number of aromatic nitrogens is 1. The lowest BCUT2D eigenvalue weighted by molar-refractivity contribution is -0.155. The minimum atomic E-state index is -0.899. The Hall–Kier alpha value is -3.53. The molecule has 0 radical (unpaired) electrons. The summed E-state index contributed by atoms with van der Waals surface area (Å²) in [6.45, 7) is 10.4. The number of thiocarbonyl (C=S) groups is 1. The Balaban J connectivity index is 1.71. The molecule has 2 aromatic rings. The summed E-state index contributed by atoms with van der Waals surface area (Å²) >= 11 is 5.46. The summed E-state index contributed by atoms with van der Waals surface area (Å²) in [5.41, 5.74) is 1.10. The SMILES string of the molecule is CCCNC(=S)N1CCN(C(=O)[C@H](CCC(=O)OC(C)(C)C)NC(=O)c2cccc(-c3ccccc3)n2)CC1. The zero-order valence-electron chi connectivity index (χ0n) is 23.2. The fourth-order valence-corrected chi connectivity index (χ4v) is 4.45. The molecule has 39 heavy (non-hydrogen) atoms. The quantitative estimate of drug-likeness (QED) is 0.360. The molecule has 0 aliphatic carbocycles. The molecule has 0 spiro atoms. The number of esters is 1. The van der Waals surface area contributed by atoms with Crippen LogP contribution in [0.25, 0.3) is 11.3 Å². The van der Waals surface area contributed by atoms with Gasteiger partial charge in [0.1, 0.15) is 17.3 Å². The number of hydrogen-bond acceptors (Lipinski definition) is 6. The largest absolute Gasteiger partial charge is 0.460 e. The highest BCUT2D eigenvalue weighted by Crippen LogP contribution is 2.17. The Labute approximate surface area is 236 Å². The maximum absolute atomic E-state index is 13.6. The van der Waals surface area contributed by atoms with Gasteiger partial charge in [-0.15, -0.1) is 0 Å². The molecule has 1 fully saturated rings. The van der Waals surface area contributed by atoms with Crippen LogP contribution in [0.4, 0.5) is 0 Å². The number of hydrogen-bond donors (Lipinski definition) is 2. The van der Waals surface area contributed by atoms with Crippen molar-refractivity contribution < 1.29 is 19.1 Å². The van der Waals surface area contributed by atoms with E-state index in [1.54, 1.807) is 37.8 Å². The van der Waals surface area contributed by atoms with Crippen molar-refractivity contribution >= 4 is 35.1 Å². The molecule has 1 aliphatic heterocycles. The molecular weight excluding hydrogens is 514 g/mol. The van der Waals surface area contributed by atoms with Gasteiger partial charge in [0.25, 0.3) is 5.91 Å². The number of pyridine rings is 1. The number of carbonyl (C=O) groups is 3. The standard InChI is InChI=1S/C29H39N5O4S/c1-5-16-30-28(39)34-19-17-33(18-20-34)27(37)24(14-15-25(35)38-29(2,3)4)32-26(36)23-13-9-12-22(31-23)21-10-7-6-8-11-21/h6-13,24H,5,14-20H2,1-4H3,(H,30,39)(H,32,36)/t24-/m0/s1. The van der Waals surface area contributed by atoms with Crippen LogP contribution < -0.4 is 10.6 Å². The average molecular weight is 554 g/mol. The lowest BCUT2D eigenvalue weighted by Gasteiger charge is -2.37. The smallest absolute Gasteiger partial charge is 0.306 e. The van der Waals surface area contributed by atoms with E-state index in [1.807, 2.05) is 41.3 Å². The van der Waals surface area contributed by atoms with Crippen molar-refractivity contribution in [2.24, 2.45) is 0 Å². The van der Waals surface area contributed by atoms with Gasteiger partial charge in [-0.05, 0) is 58.0 Å². The van der Waals surface area contributed by atoms with E-state index in [2.05, 4.69) is 22.5 Å². The van der Waals surface area contributed by atoms with Crippen LogP contribution in [0.1, 0.15) is 57.4 Å². The van der Waals surface area contributed by atoms with E-state index in [-0.39, 0.29) is 24.4 Å². The number of piperazine rings is 1. The molecule has 3 rings (SSSR count). The van der Waals surface area contributed by atoms with Crippen LogP contribution >= 0.6 is 12.2 Å². The first-order valence-electron chi connectivity index (χ1n) is 13.4. The second-order valence-electron chi connectivity index (χ2n) is 10.5. The van der Waals surface area contributed by atoms with Crippen molar-refractivity contribution in [1.82, 2.24) is 25.4 Å². The first-order valence-corrected chi connectivity index (χ1v) is 13.8. The van der Waals surface area contributed by atoms with Gasteiger partial charge in [-0.1, -0.05) is 43.3 Å². The molecule has 9 nitrogen and oxygen atoms in total. The Morgan fingerprint density at radius 2 is 1.67 bits per heavy atom. The molecule has 1 atom stereocenters. The number of nitrogens with one attached hydrogen (secondary N) is 2. The highest BCUT2D eigenvalue weighted by Gasteiger charge is 2.31. The Morgan fingerprint density at radius 3 is 2.31 bits per heavy atom. The molecule has 0 saturated carbocycles. The molecule has 1 aromatic heterocycles. The van der Waals surface area contributed by atoms with Crippen molar-refractivity contribution in [3.8, 4) is 11.3 Å². The van der Waals surface area contributed by atoms with Crippen LogP contribution in [-0.4, -0.2) is 82.0 Å². The van der Waals surface area contributed by atoms with Crippen LogP contribution in [-0.2, 0) is 14.3 Å². The van der Waals surface area contributed by atoms with Crippen LogP contribution in [0.5, 0.6) is 0 Å². The minimum Gasteiger partial charge on any atom is -0.460 e. The molecule has 1 aromatic carbocycles. The lowest BCUT2D eigenvalue weighted by atomic mass is 10.1. The van der Waals surface area contributed by atoms with Crippen molar-refractivity contribution in [2.45, 2.75) is 58.6 Å². The van der Waals surface area contributed by atoms with Crippen LogP contribution in [0.15, 0.2) is 48.5 Å². The average Bonchev–Trinajstić information content (AvgIpc) is 2.93. The maximum atomic E-state index is 13.6. The van der Waals surface area contributed by atoms with Crippen molar-refractivity contribution in [1.29, 1.82) is 0 Å². The van der Waals surface area contributed by atoms with E-state index in [0.29, 0.717) is 37.0 Å². The predicted molar refractivity (Wildman–Crippen MR) is 155 cm³/mol. The third-order valence-electron chi connectivity index (χ3n) is 6.12. The molecular formula is C29H39N5O4S. The van der Waals surface area contributed by atoms with Crippen LogP contribution in [0, 0.1) is 0 Å². The van der Waals surface area contributed by atoms with Crippen molar-refractivity contribution in [3.63, 3.8) is 0 Å². The summed E-state index contributed by atoms with van der Waals surface area (Å²) in [4.78, 5) is 47.5. The number of benzene rings is 1. The molecule has 0 unspecified atom stereocenters. The summed E-state index contributed by atoms with van der Waals surface area (Å²) < 4.78 is 5.42. The van der Waals surface area contributed by atoms with Crippen LogP contribution in [0.3, 0.4) is 0 Å². The number of amides is 2. The van der Waals surface area contributed by atoms with E-state index in [9.17, 15) is 14.4 Å². The van der Waals surface area contributed by atoms with Crippen molar-refractivity contribution in [3.05, 3.63) is 54.2 Å². The van der Waals surface area contributed by atoms with E-state index in [4.69, 9.17) is 17.0 Å². The van der Waals surface area contributed by atoms with Crippen LogP contribution in [0.2, 0.25) is 0 Å². The highest BCUT2D eigenvalue weighted by atomic mass is 32.1. The monoisotopic (exact) mass is 553 g/mol. The molecule has 10 heteroatoms. The minimum absolute atomic E-state index is 0.00354. The van der Waals surface area contributed by atoms with Gasteiger partial charge in [0.2, 0.25) is 5.91 Å². The van der Waals surface area contributed by atoms with Crippen molar-refractivity contribution in [2.75, 3.05) is 32.7 Å². The second kappa shape index (κ2) is 14.0. The molecule has 2 amide bonds. The van der Waals surface area contributed by atoms with Gasteiger partial charge in [0.15, 0.2) is 5.11 Å². The lowest BCUT2D eigenvalue weighted by Crippen LogP contribution is -2.57. The Kier molecular flexibility index (Phi) is 10.8. The molecule has 1 aliphatic rings. The first kappa shape index (κ1) is 30.0. The third-order valence-corrected chi connectivity index (χ3v) is 6.52. The van der Waals surface area contributed by atoms with Gasteiger partial charge in [-0.2, -0.15) is 0 Å². The fourth-order valence-electron chi connectivity index (χ4n) is 4.17. The maximum Gasteiger partial charge on any atom is 0.306 e. The van der Waals surface area contributed by atoms with E-state index in [1.165, 1.54) is 0 Å². The molecule has 1 saturated heterocycles. The topological polar surface area (TPSA) is 104 Å². The van der Waals surface area contributed by atoms with E-state index < -0.39 is 23.5 Å². The predicted octanol–water partition coefficient (Wildman–Crippen LogP) is 3.40. The fraction of sp³-hybridized carbons (Fsp3) is 0.483. The first-order chi connectivity index (χ1) is 18.6. The molecule has 2 heterocycles. The third kappa shape index (κ3) is 9.31. The van der Waals surface area contributed by atoms with E-state index in [0.717, 1.165) is 18.5 Å². The molecule has 210 valence electrons. The van der Waals surface area contributed by atoms with Gasteiger partial charge in [-0.25, -0.2) is 4.98 Å². The molecule has 0 bridgehead atoms. The number of ether oxygens (including phenoxy) is 1. The van der Waals surface area contributed by atoms with E-state index >= 15 is 0 Å². The highest BCUT2D eigenvalue weighted by molar-refractivity contribution is 7.80. The zero-order valence-corrected chi connectivity index (χ0v) is 24.1. The Morgan fingerprint density at radius 1 is 1.00 bits per heavy atom. The zero-order chi connectivity index (χ0) is 28.4. The number of carbonyl (C=O) groups excluding carboxylic acids is 3. The van der Waals surface area contributed by atoms with Gasteiger partial charge in [0.05, 0.1) is 5.69 Å². The van der Waals surface area contributed by atoms with Gasteiger partial charge in [0, 0.05) is 44.7 Å². The molecule has 2 N–H and O–H groups in total. The Bertz CT molecular complexity index is 1140. The van der Waals surface area contributed by atoms with Gasteiger partial charge >= 0.3 is 5.97 Å². The number of rotatable bonds is 9. The summed E-state index contributed by atoms with van der Waals surface area (Å²) in [5, 5.41) is 6.74. The van der Waals surface area contributed by atoms with Gasteiger partial charge < -0.3 is 25.2 Å². The summed E-state index contributed by atoms with van der Waals surface area (Å²) in [5.74, 6) is -1.13. The normalized spacial score (nSPS) is 14.4. The van der Waals surface area contributed by atoms with Gasteiger partial charge in [-0.3, -0.25) is 14.4 Å². The second-order valence-corrected chi connectivity index (χ2v) is 10.9.